The lowest BCUT2D eigenvalue weighted by molar-refractivity contribution is -0.128. The van der Waals surface area contributed by atoms with E-state index in [0.29, 0.717) is 58.3 Å². The molecule has 0 aromatic heterocycles. The zero-order valence-electron chi connectivity index (χ0n) is 33.8. The zero-order valence-corrected chi connectivity index (χ0v) is 33.8. The molecule has 0 unspecified atom stereocenters. The van der Waals surface area contributed by atoms with Gasteiger partial charge in [-0.2, -0.15) is 0 Å². The van der Waals surface area contributed by atoms with E-state index < -0.39 is 21.7 Å². The van der Waals surface area contributed by atoms with Crippen LogP contribution in [0.3, 0.4) is 0 Å². The molecule has 0 atom stereocenters. The van der Waals surface area contributed by atoms with Crippen molar-refractivity contribution in [1.29, 1.82) is 0 Å². The van der Waals surface area contributed by atoms with Gasteiger partial charge in [0.25, 0.3) is 21.7 Å². The molecule has 2 aromatic carbocycles. The fourth-order valence-electron chi connectivity index (χ4n) is 4.09. The van der Waals surface area contributed by atoms with Crippen molar-refractivity contribution in [3.8, 4) is 17.2 Å². The highest BCUT2D eigenvalue weighted by Gasteiger charge is 2.24. The Hall–Kier alpha value is -5.82. The van der Waals surface area contributed by atoms with Gasteiger partial charge in [0, 0.05) is 46.6 Å². The van der Waals surface area contributed by atoms with Crippen LogP contribution < -0.4 is 73.8 Å². The number of anilines is 1. The number of hydrogen-bond donors (Lipinski definition) is 7. The van der Waals surface area contributed by atoms with Gasteiger partial charge in [0.2, 0.25) is 46.9 Å². The molecule has 0 radical (unpaired) electrons. The van der Waals surface area contributed by atoms with E-state index in [-0.39, 0.29) is 71.2 Å². The molecule has 7 N–H and O–H groups in total. The van der Waals surface area contributed by atoms with E-state index in [9.17, 15) is 47.9 Å². The van der Waals surface area contributed by atoms with Gasteiger partial charge in [-0.05, 0) is 44.9 Å². The maximum absolute atomic E-state index is 11.7. The van der Waals surface area contributed by atoms with E-state index in [1.165, 1.54) is 13.8 Å². The third-order valence-corrected chi connectivity index (χ3v) is 7.40. The van der Waals surface area contributed by atoms with Crippen molar-refractivity contribution in [2.75, 3.05) is 32.3 Å². The summed E-state index contributed by atoms with van der Waals surface area (Å²) in [6, 6.07) is 0. The number of carbonyl (C=O) groups is 6. The van der Waals surface area contributed by atoms with Crippen LogP contribution in [0.4, 0.5) is 5.69 Å². The van der Waals surface area contributed by atoms with Crippen molar-refractivity contribution >= 4 is 41.1 Å². The van der Waals surface area contributed by atoms with Crippen LogP contribution in [0.15, 0.2) is 19.2 Å². The molecule has 0 saturated carbocycles. The number of rotatable bonds is 24. The number of hydrazine groups is 3. The van der Waals surface area contributed by atoms with Gasteiger partial charge in [0.05, 0.1) is 19.8 Å². The average Bonchev–Trinajstić information content (AvgIpc) is 3.19. The van der Waals surface area contributed by atoms with Crippen molar-refractivity contribution < 1.29 is 43.0 Å². The van der Waals surface area contributed by atoms with Crippen molar-refractivity contribution in [2.45, 2.75) is 125 Å². The lowest BCUT2D eigenvalue weighted by Gasteiger charge is -2.14. The number of unbranched alkanes of at least 4 members (excludes halogenated alkanes) is 5. The van der Waals surface area contributed by atoms with Gasteiger partial charge in [-0.3, -0.25) is 80.5 Å². The predicted molar refractivity (Wildman–Crippen MR) is 211 cm³/mol. The van der Waals surface area contributed by atoms with Crippen LogP contribution in [0.1, 0.15) is 125 Å². The topological polar surface area (TPSA) is 283 Å². The Bertz CT molecular complexity index is 1670. The fourth-order valence-corrected chi connectivity index (χ4v) is 4.09. The minimum absolute atomic E-state index is 0.0303. The normalized spacial score (nSPS) is 10.1. The monoisotopic (exact) mass is 809 g/mol. The highest BCUT2D eigenvalue weighted by molar-refractivity contribution is 5.81. The first-order valence-electron chi connectivity index (χ1n) is 19.1. The molecule has 2 aromatic rings. The van der Waals surface area contributed by atoms with Crippen LogP contribution in [-0.4, -0.2) is 62.3 Å². The Morgan fingerprint density at radius 1 is 0.439 bits per heavy atom. The minimum atomic E-state index is -0.730. The summed E-state index contributed by atoms with van der Waals surface area (Å²) in [6.07, 6.45) is 8.53. The molecule has 0 spiro atoms. The summed E-state index contributed by atoms with van der Waals surface area (Å²) in [7, 11) is 1.58. The molecular formula is C37H59N7O13. The van der Waals surface area contributed by atoms with Crippen molar-refractivity contribution in [3.63, 3.8) is 0 Å². The summed E-state index contributed by atoms with van der Waals surface area (Å²) in [5.41, 5.74) is 11.0. The van der Waals surface area contributed by atoms with Gasteiger partial charge in [-0.1, -0.05) is 40.0 Å². The van der Waals surface area contributed by atoms with E-state index in [1.54, 1.807) is 7.05 Å². The molecule has 20 nitrogen and oxygen atoms in total. The Labute approximate surface area is 331 Å². The Balaban J connectivity index is 0.000000875. The first-order chi connectivity index (χ1) is 27.1. The largest absolute Gasteiger partial charge is 0.487 e. The predicted octanol–water partition coefficient (Wildman–Crippen LogP) is 0.733. The smallest absolute Gasteiger partial charge is 0.275 e. The van der Waals surface area contributed by atoms with Crippen LogP contribution in [0, 0.1) is 0 Å². The van der Waals surface area contributed by atoms with E-state index in [1.807, 2.05) is 20.8 Å². The quantitative estimate of drug-likeness (QED) is 0.0438. The Kier molecular flexibility index (Phi) is 27.3. The maximum atomic E-state index is 11.7. The molecule has 2 rings (SSSR count). The molecule has 0 saturated heterocycles. The molecule has 0 aliphatic heterocycles. The first kappa shape index (κ1) is 51.2. The van der Waals surface area contributed by atoms with Crippen LogP contribution >= 0.6 is 0 Å². The van der Waals surface area contributed by atoms with E-state index in [0.717, 1.165) is 38.5 Å². The van der Waals surface area contributed by atoms with Crippen LogP contribution in [0.5, 0.6) is 17.2 Å². The van der Waals surface area contributed by atoms with Crippen molar-refractivity contribution in [1.82, 2.24) is 32.4 Å². The SMILES string of the molecule is CCCCOc1c(NNC(=O)CCCCC(=O)NNC(C)=O)c(=O)c1=O.CCCCOc1c(OCCCC)c(=O)c1=O.CNC(=O)CCCCC(=O)NNC(C)=O. The second-order valence-electron chi connectivity index (χ2n) is 12.5. The van der Waals surface area contributed by atoms with Crippen LogP contribution in [0.2, 0.25) is 0 Å². The highest BCUT2D eigenvalue weighted by Crippen LogP contribution is 2.21. The number of amides is 6. The second-order valence-corrected chi connectivity index (χ2v) is 12.5. The molecule has 0 fully saturated rings. The standard InChI is InChI=1S/C16H24N4O6.C12H18O4.C9H17N3O3/c1-3-4-9-26-16-13(14(24)15(16)25)20-19-12(23)8-6-5-7-11(22)18-17-10(2)21;1-3-5-7-15-11-9(13)10(14)12(11)16-8-6-4-2;1-7(13)11-12-9(15)6-4-3-5-8(14)10-2/h20H,3-9H2,1-2H3,(H,17,21)(H,18,22)(H,19,23);3-8H2,1-2H3;3-6H2,1-2H3,(H,10,14)(H,11,13)(H,12,15). The zero-order chi connectivity index (χ0) is 43.2. The summed E-state index contributed by atoms with van der Waals surface area (Å²) >= 11 is 0. The first-order valence-corrected chi connectivity index (χ1v) is 19.1. The molecule has 57 heavy (non-hydrogen) atoms. The molecule has 320 valence electrons. The van der Waals surface area contributed by atoms with Crippen LogP contribution in [-0.2, 0) is 28.8 Å². The second kappa shape index (κ2) is 30.4. The molecule has 0 aliphatic carbocycles. The maximum Gasteiger partial charge on any atom is 0.275 e. The minimum Gasteiger partial charge on any atom is -0.487 e. The Morgan fingerprint density at radius 3 is 1.12 bits per heavy atom. The van der Waals surface area contributed by atoms with Crippen molar-refractivity contribution in [3.05, 3.63) is 40.9 Å². The molecule has 0 aliphatic rings. The molecule has 6 amide bonds. The van der Waals surface area contributed by atoms with Crippen LogP contribution in [0.25, 0.3) is 0 Å². The molecular weight excluding hydrogens is 750 g/mol. The molecule has 0 heterocycles. The summed E-state index contributed by atoms with van der Waals surface area (Å²) < 4.78 is 15.7. The summed E-state index contributed by atoms with van der Waals surface area (Å²) in [5, 5.41) is 2.50. The van der Waals surface area contributed by atoms with Gasteiger partial charge in [0.1, 0.15) is 0 Å². The number of nitrogens with one attached hydrogen (secondary N) is 7. The lowest BCUT2D eigenvalue weighted by Crippen LogP contribution is -2.41. The van der Waals surface area contributed by atoms with Crippen molar-refractivity contribution in [2.24, 2.45) is 0 Å². The molecule has 0 bridgehead atoms. The summed E-state index contributed by atoms with van der Waals surface area (Å²) in [4.78, 5) is 111. The van der Waals surface area contributed by atoms with E-state index in [4.69, 9.17) is 14.2 Å². The summed E-state index contributed by atoms with van der Waals surface area (Å²) in [6.45, 7) is 9.86. The van der Waals surface area contributed by atoms with Gasteiger partial charge in [-0.15, -0.1) is 0 Å². The van der Waals surface area contributed by atoms with E-state index >= 15 is 0 Å². The van der Waals surface area contributed by atoms with Gasteiger partial charge in [0.15, 0.2) is 11.4 Å². The lowest BCUT2D eigenvalue weighted by atomic mass is 10.2. The van der Waals surface area contributed by atoms with E-state index in [2.05, 4.69) is 37.9 Å². The number of carbonyl (C=O) groups excluding carboxylic acids is 6. The Morgan fingerprint density at radius 2 is 0.772 bits per heavy atom. The number of hydrogen-bond acceptors (Lipinski definition) is 14. The van der Waals surface area contributed by atoms with Gasteiger partial charge >= 0.3 is 0 Å². The average molecular weight is 810 g/mol. The van der Waals surface area contributed by atoms with Gasteiger partial charge in [-0.25, -0.2) is 0 Å². The number of ether oxygens (including phenoxy) is 3. The molecule has 20 heteroatoms. The summed E-state index contributed by atoms with van der Waals surface area (Å²) in [5.74, 6) is -1.52. The third-order valence-electron chi connectivity index (χ3n) is 7.40. The highest BCUT2D eigenvalue weighted by atomic mass is 16.5. The van der Waals surface area contributed by atoms with Gasteiger partial charge < -0.3 is 19.5 Å². The third kappa shape index (κ3) is 22.4. The fraction of sp³-hybridized carbons (Fsp3) is 0.622.